The molecular formula is C16H14Br2FNO. The Morgan fingerprint density at radius 1 is 1.14 bits per heavy atom. The zero-order valence-electron chi connectivity index (χ0n) is 11.2. The molecule has 0 spiro atoms. The normalized spacial score (nSPS) is 10.4. The molecule has 5 heteroatoms. The minimum Gasteiger partial charge on any atom is -0.333 e. The van der Waals surface area contributed by atoms with E-state index in [1.165, 1.54) is 18.2 Å². The van der Waals surface area contributed by atoms with Gasteiger partial charge in [0, 0.05) is 24.0 Å². The van der Waals surface area contributed by atoms with Crippen LogP contribution in [0.1, 0.15) is 15.9 Å². The number of amides is 1. The van der Waals surface area contributed by atoms with Gasteiger partial charge in [-0.25, -0.2) is 4.39 Å². The van der Waals surface area contributed by atoms with E-state index in [0.717, 1.165) is 5.56 Å². The van der Waals surface area contributed by atoms with Crippen molar-refractivity contribution in [2.45, 2.75) is 6.54 Å². The van der Waals surface area contributed by atoms with Gasteiger partial charge in [-0.3, -0.25) is 4.79 Å². The fourth-order valence-electron chi connectivity index (χ4n) is 1.97. The van der Waals surface area contributed by atoms with Gasteiger partial charge in [-0.05, 0) is 39.7 Å². The van der Waals surface area contributed by atoms with Crippen LogP contribution in [0.25, 0.3) is 0 Å². The molecule has 2 aromatic carbocycles. The molecule has 0 saturated heterocycles. The molecule has 2 aromatic rings. The Morgan fingerprint density at radius 2 is 1.86 bits per heavy atom. The quantitative estimate of drug-likeness (QED) is 0.653. The zero-order valence-corrected chi connectivity index (χ0v) is 14.4. The van der Waals surface area contributed by atoms with Gasteiger partial charge < -0.3 is 4.90 Å². The Morgan fingerprint density at radius 3 is 2.48 bits per heavy atom. The topological polar surface area (TPSA) is 20.3 Å². The lowest BCUT2D eigenvalue weighted by Gasteiger charge is -2.22. The summed E-state index contributed by atoms with van der Waals surface area (Å²) in [5, 5.41) is 0.688. The standard InChI is InChI=1S/C16H14Br2FNO/c17-8-9-20(11-12-4-2-1-3-5-12)16(21)13-6-7-15(19)14(18)10-13/h1-7,10H,8-9,11H2. The smallest absolute Gasteiger partial charge is 0.254 e. The van der Waals surface area contributed by atoms with Crippen LogP contribution in [-0.4, -0.2) is 22.7 Å². The first kappa shape index (κ1) is 16.2. The maximum absolute atomic E-state index is 13.3. The molecule has 21 heavy (non-hydrogen) atoms. The van der Waals surface area contributed by atoms with E-state index in [1.54, 1.807) is 4.90 Å². The first-order chi connectivity index (χ1) is 10.1. The van der Waals surface area contributed by atoms with Gasteiger partial charge in [-0.1, -0.05) is 46.3 Å². The highest BCUT2D eigenvalue weighted by molar-refractivity contribution is 9.10. The monoisotopic (exact) mass is 413 g/mol. The van der Waals surface area contributed by atoms with Crippen molar-refractivity contribution in [1.29, 1.82) is 0 Å². The molecular weight excluding hydrogens is 401 g/mol. The molecule has 0 saturated carbocycles. The van der Waals surface area contributed by atoms with E-state index in [9.17, 15) is 9.18 Å². The Labute approximate surface area is 140 Å². The second-order valence-electron chi connectivity index (χ2n) is 4.53. The molecule has 0 N–H and O–H groups in total. The van der Waals surface area contributed by atoms with Crippen molar-refractivity contribution in [3.05, 3.63) is 69.9 Å². The van der Waals surface area contributed by atoms with Gasteiger partial charge in [-0.15, -0.1) is 0 Å². The second kappa shape index (κ2) is 7.71. The van der Waals surface area contributed by atoms with Crippen LogP contribution < -0.4 is 0 Å². The second-order valence-corrected chi connectivity index (χ2v) is 6.18. The first-order valence-corrected chi connectivity index (χ1v) is 8.37. The van der Waals surface area contributed by atoms with Crippen LogP contribution in [0.3, 0.4) is 0 Å². The highest BCUT2D eigenvalue weighted by Crippen LogP contribution is 2.19. The SMILES string of the molecule is O=C(c1ccc(F)c(Br)c1)N(CCBr)Cc1ccccc1. The van der Waals surface area contributed by atoms with E-state index in [0.29, 0.717) is 28.5 Å². The van der Waals surface area contributed by atoms with Gasteiger partial charge in [0.15, 0.2) is 0 Å². The fourth-order valence-corrected chi connectivity index (χ4v) is 2.78. The van der Waals surface area contributed by atoms with E-state index in [2.05, 4.69) is 31.9 Å². The molecule has 0 radical (unpaired) electrons. The average Bonchev–Trinajstić information content (AvgIpc) is 2.50. The van der Waals surface area contributed by atoms with Gasteiger partial charge >= 0.3 is 0 Å². The molecule has 0 aliphatic rings. The summed E-state index contributed by atoms with van der Waals surface area (Å²) in [4.78, 5) is 14.3. The number of hydrogen-bond donors (Lipinski definition) is 0. The van der Waals surface area contributed by atoms with Crippen molar-refractivity contribution < 1.29 is 9.18 Å². The van der Waals surface area contributed by atoms with E-state index in [1.807, 2.05) is 30.3 Å². The molecule has 110 valence electrons. The highest BCUT2D eigenvalue weighted by atomic mass is 79.9. The van der Waals surface area contributed by atoms with Crippen molar-refractivity contribution in [3.63, 3.8) is 0 Å². The highest BCUT2D eigenvalue weighted by Gasteiger charge is 2.16. The predicted octanol–water partition coefficient (Wildman–Crippen LogP) is 4.63. The van der Waals surface area contributed by atoms with Crippen LogP contribution in [0.2, 0.25) is 0 Å². The maximum atomic E-state index is 13.3. The molecule has 0 aliphatic carbocycles. The van der Waals surface area contributed by atoms with Crippen LogP contribution in [0.15, 0.2) is 53.0 Å². The third-order valence-electron chi connectivity index (χ3n) is 3.02. The van der Waals surface area contributed by atoms with Crippen molar-refractivity contribution in [2.75, 3.05) is 11.9 Å². The number of benzene rings is 2. The molecule has 2 nitrogen and oxygen atoms in total. The first-order valence-electron chi connectivity index (χ1n) is 6.46. The van der Waals surface area contributed by atoms with E-state index in [-0.39, 0.29) is 11.7 Å². The third kappa shape index (κ3) is 4.38. The average molecular weight is 415 g/mol. The zero-order chi connectivity index (χ0) is 15.2. The van der Waals surface area contributed by atoms with E-state index < -0.39 is 0 Å². The van der Waals surface area contributed by atoms with Crippen LogP contribution in [0, 0.1) is 5.82 Å². The molecule has 0 atom stereocenters. The summed E-state index contributed by atoms with van der Waals surface area (Å²) < 4.78 is 13.6. The largest absolute Gasteiger partial charge is 0.333 e. The fraction of sp³-hybridized carbons (Fsp3) is 0.188. The summed E-state index contributed by atoms with van der Waals surface area (Å²) in [6.45, 7) is 1.11. The third-order valence-corrected chi connectivity index (χ3v) is 3.99. The minimum absolute atomic E-state index is 0.112. The molecule has 0 unspecified atom stereocenters. The molecule has 0 bridgehead atoms. The molecule has 1 amide bonds. The Hall–Kier alpha value is -1.20. The van der Waals surface area contributed by atoms with Crippen LogP contribution in [0.4, 0.5) is 4.39 Å². The summed E-state index contributed by atoms with van der Waals surface area (Å²) >= 11 is 6.48. The number of halogens is 3. The van der Waals surface area contributed by atoms with Crippen LogP contribution in [-0.2, 0) is 6.54 Å². The number of carbonyl (C=O) groups excluding carboxylic acids is 1. The summed E-state index contributed by atoms with van der Waals surface area (Å²) in [7, 11) is 0. The van der Waals surface area contributed by atoms with E-state index >= 15 is 0 Å². The lowest BCUT2D eigenvalue weighted by atomic mass is 10.1. The van der Waals surface area contributed by atoms with Crippen molar-refractivity contribution >= 4 is 37.8 Å². The molecule has 2 rings (SSSR count). The lowest BCUT2D eigenvalue weighted by Crippen LogP contribution is -2.32. The summed E-state index contributed by atoms with van der Waals surface area (Å²) in [5.41, 5.74) is 1.54. The van der Waals surface area contributed by atoms with Gasteiger partial charge in [0.1, 0.15) is 5.82 Å². The number of hydrogen-bond acceptors (Lipinski definition) is 1. The number of alkyl halides is 1. The van der Waals surface area contributed by atoms with Crippen LogP contribution in [0.5, 0.6) is 0 Å². The lowest BCUT2D eigenvalue weighted by molar-refractivity contribution is 0.0754. The Kier molecular flexibility index (Phi) is 5.94. The summed E-state index contributed by atoms with van der Waals surface area (Å²) in [6.07, 6.45) is 0. The Bertz CT molecular complexity index is 619. The summed E-state index contributed by atoms with van der Waals surface area (Å²) in [5.74, 6) is -0.486. The molecule has 0 fully saturated rings. The molecule has 0 aromatic heterocycles. The van der Waals surface area contributed by atoms with Crippen molar-refractivity contribution in [3.8, 4) is 0 Å². The van der Waals surface area contributed by atoms with Crippen molar-refractivity contribution in [1.82, 2.24) is 4.90 Å². The maximum Gasteiger partial charge on any atom is 0.254 e. The summed E-state index contributed by atoms with van der Waals surface area (Å²) in [6, 6.07) is 14.1. The van der Waals surface area contributed by atoms with Gasteiger partial charge in [0.05, 0.1) is 4.47 Å². The minimum atomic E-state index is -0.373. The number of nitrogens with zero attached hydrogens (tertiary/aromatic N) is 1. The number of carbonyl (C=O) groups is 1. The van der Waals surface area contributed by atoms with Gasteiger partial charge in [0.25, 0.3) is 5.91 Å². The van der Waals surface area contributed by atoms with Gasteiger partial charge in [-0.2, -0.15) is 0 Å². The molecule has 0 aliphatic heterocycles. The number of rotatable bonds is 5. The van der Waals surface area contributed by atoms with Crippen molar-refractivity contribution in [2.24, 2.45) is 0 Å². The predicted molar refractivity (Wildman–Crippen MR) is 89.1 cm³/mol. The molecule has 0 heterocycles. The Balaban J connectivity index is 2.20. The van der Waals surface area contributed by atoms with E-state index in [4.69, 9.17) is 0 Å². The van der Waals surface area contributed by atoms with Gasteiger partial charge in [0.2, 0.25) is 0 Å². The van der Waals surface area contributed by atoms with Crippen LogP contribution >= 0.6 is 31.9 Å².